The van der Waals surface area contributed by atoms with Gasteiger partial charge in [0.2, 0.25) is 0 Å². The van der Waals surface area contributed by atoms with Crippen molar-refractivity contribution in [3.05, 3.63) is 83.9 Å². The maximum absolute atomic E-state index is 12.3. The molecular weight excluding hydrogens is 424 g/mol. The highest BCUT2D eigenvalue weighted by Gasteiger charge is 2.20. The number of hydrogen-bond acceptors (Lipinski definition) is 5. The van der Waals surface area contributed by atoms with Gasteiger partial charge in [-0.25, -0.2) is 15.0 Å². The van der Waals surface area contributed by atoms with Crippen LogP contribution in [0.4, 0.5) is 0 Å². The van der Waals surface area contributed by atoms with E-state index in [4.69, 9.17) is 4.74 Å². The van der Waals surface area contributed by atoms with E-state index in [9.17, 15) is 9.90 Å². The van der Waals surface area contributed by atoms with E-state index in [0.717, 1.165) is 16.2 Å². The number of hydrogen-bond donors (Lipinski definition) is 3. The van der Waals surface area contributed by atoms with Gasteiger partial charge in [0.25, 0.3) is 5.91 Å². The van der Waals surface area contributed by atoms with E-state index in [1.807, 2.05) is 36.4 Å². The van der Waals surface area contributed by atoms with Crippen molar-refractivity contribution in [2.24, 2.45) is 5.10 Å². The second-order valence-corrected chi connectivity index (χ2v) is 8.00. The zero-order valence-electron chi connectivity index (χ0n) is 17.5. The van der Waals surface area contributed by atoms with Gasteiger partial charge in [-0.1, -0.05) is 42.5 Å². The Morgan fingerprint density at radius 2 is 1.94 bits per heavy atom. The Bertz CT molecular complexity index is 1250. The van der Waals surface area contributed by atoms with Crippen molar-refractivity contribution in [2.75, 3.05) is 12.9 Å². The first-order chi connectivity index (χ1) is 15.6. The number of aromatic hydroxyl groups is 1. The number of aromatic amines is 1. The van der Waals surface area contributed by atoms with Gasteiger partial charge < -0.3 is 9.84 Å². The summed E-state index contributed by atoms with van der Waals surface area (Å²) in [5, 5.41) is 14.5. The number of para-hydroxylation sites is 2. The molecule has 0 aliphatic carbocycles. The van der Waals surface area contributed by atoms with Crippen molar-refractivity contribution < 1.29 is 19.2 Å². The molecule has 1 amide bonds. The number of phenols is 1. The van der Waals surface area contributed by atoms with Crippen molar-refractivity contribution in [2.45, 2.75) is 11.7 Å². The van der Waals surface area contributed by atoms with E-state index < -0.39 is 0 Å². The molecule has 7 nitrogen and oxygen atoms in total. The molecule has 0 saturated heterocycles. The molecule has 32 heavy (non-hydrogen) atoms. The molecule has 162 valence electrons. The van der Waals surface area contributed by atoms with Crippen LogP contribution < -0.4 is 14.7 Å². The van der Waals surface area contributed by atoms with E-state index >= 15 is 0 Å². The number of hydrazone groups is 1. The summed E-state index contributed by atoms with van der Waals surface area (Å²) in [7, 11) is 1.48. The number of thioether (sulfide) groups is 1. The highest BCUT2D eigenvalue weighted by atomic mass is 32.2. The smallest absolute Gasteiger partial charge is 0.317 e. The predicted molar refractivity (Wildman–Crippen MR) is 125 cm³/mol. The number of nitrogens with zero attached hydrogens (tertiary/aromatic N) is 2. The van der Waals surface area contributed by atoms with Crippen LogP contribution in [-0.2, 0) is 11.3 Å². The summed E-state index contributed by atoms with van der Waals surface area (Å²) < 4.78 is 7.25. The Labute approximate surface area is 189 Å². The van der Waals surface area contributed by atoms with Gasteiger partial charge in [-0.3, -0.25) is 4.79 Å². The molecule has 0 saturated carbocycles. The van der Waals surface area contributed by atoms with E-state index in [2.05, 4.69) is 38.3 Å². The number of carbonyl (C=O) groups excluding carboxylic acids is 1. The Morgan fingerprint density at radius 1 is 1.16 bits per heavy atom. The molecule has 1 heterocycles. The third kappa shape index (κ3) is 5.09. The number of nitrogens with one attached hydrogen (secondary N) is 2. The summed E-state index contributed by atoms with van der Waals surface area (Å²) in [5.41, 5.74) is 6.52. The van der Waals surface area contributed by atoms with E-state index in [0.29, 0.717) is 17.9 Å². The standard InChI is InChI=1S/C24H22N4O3S/c1-31-22-13-18(11-12-21(22)29)14-25-27-23(30)16-32-24-26-19-9-5-6-10-20(19)28(24)15-17-7-3-2-4-8-17/h2-14H,15-16H2,1H3,(H2,25,27,29,30)/p+1. The zero-order chi connectivity index (χ0) is 22.3. The first-order valence-electron chi connectivity index (χ1n) is 10.00. The number of ether oxygens (including phenoxy) is 1. The van der Waals surface area contributed by atoms with Crippen molar-refractivity contribution >= 4 is 34.9 Å². The van der Waals surface area contributed by atoms with Crippen molar-refractivity contribution in [3.63, 3.8) is 0 Å². The third-order valence-corrected chi connectivity index (χ3v) is 5.81. The number of aromatic nitrogens is 2. The Balaban J connectivity index is 1.42. The van der Waals surface area contributed by atoms with Gasteiger partial charge in [0.15, 0.2) is 22.5 Å². The molecule has 3 aromatic carbocycles. The van der Waals surface area contributed by atoms with Gasteiger partial charge >= 0.3 is 5.16 Å². The molecule has 8 heteroatoms. The van der Waals surface area contributed by atoms with E-state index in [1.165, 1.54) is 36.7 Å². The van der Waals surface area contributed by atoms with Crippen LogP contribution in [0.5, 0.6) is 11.5 Å². The molecule has 0 aliphatic heterocycles. The minimum atomic E-state index is -0.220. The maximum atomic E-state index is 12.3. The molecule has 0 unspecified atom stereocenters. The molecule has 4 rings (SSSR count). The second-order valence-electron chi connectivity index (χ2n) is 7.03. The number of imidazole rings is 1. The van der Waals surface area contributed by atoms with Crippen molar-refractivity contribution in [1.82, 2.24) is 10.4 Å². The summed E-state index contributed by atoms with van der Waals surface area (Å²) in [6, 6.07) is 23.1. The highest BCUT2D eigenvalue weighted by molar-refractivity contribution is 7.99. The first-order valence-corrected chi connectivity index (χ1v) is 11.0. The van der Waals surface area contributed by atoms with Crippen LogP contribution in [0.15, 0.2) is 83.1 Å². The molecule has 1 aromatic heterocycles. The van der Waals surface area contributed by atoms with Gasteiger partial charge in [0.1, 0.15) is 6.54 Å². The summed E-state index contributed by atoms with van der Waals surface area (Å²) >= 11 is 1.42. The topological polar surface area (TPSA) is 90.6 Å². The molecule has 0 fully saturated rings. The third-order valence-electron chi connectivity index (χ3n) is 4.81. The molecule has 0 aliphatic rings. The van der Waals surface area contributed by atoms with Crippen LogP contribution in [0.1, 0.15) is 11.1 Å². The Hall–Kier alpha value is -3.78. The molecule has 4 aromatic rings. The lowest BCUT2D eigenvalue weighted by molar-refractivity contribution is -0.700. The lowest BCUT2D eigenvalue weighted by atomic mass is 10.2. The van der Waals surface area contributed by atoms with Crippen LogP contribution >= 0.6 is 11.8 Å². The fourth-order valence-corrected chi connectivity index (χ4v) is 4.10. The number of benzene rings is 3. The average Bonchev–Trinajstić information content (AvgIpc) is 3.17. The van der Waals surface area contributed by atoms with Crippen molar-refractivity contribution in [1.29, 1.82) is 0 Å². The van der Waals surface area contributed by atoms with E-state index in [-0.39, 0.29) is 17.4 Å². The average molecular weight is 448 g/mol. The van der Waals surface area contributed by atoms with Crippen LogP contribution in [0, 0.1) is 0 Å². The van der Waals surface area contributed by atoms with Crippen LogP contribution in [-0.4, -0.2) is 35.1 Å². The number of phenolic OH excluding ortho intramolecular Hbond substituents is 1. The molecule has 0 spiro atoms. The lowest BCUT2D eigenvalue weighted by Crippen LogP contribution is -2.36. The minimum Gasteiger partial charge on any atom is -0.504 e. The SMILES string of the molecule is COc1cc(/C=N/NC(=O)CSc2[nH]c3ccccc3[n+]2Cc2ccccc2)ccc1O. The van der Waals surface area contributed by atoms with Crippen LogP contribution in [0.3, 0.4) is 0 Å². The molecule has 0 bridgehead atoms. The maximum Gasteiger partial charge on any atom is 0.317 e. The van der Waals surface area contributed by atoms with Gasteiger partial charge in [-0.15, -0.1) is 0 Å². The Morgan fingerprint density at radius 3 is 2.75 bits per heavy atom. The van der Waals surface area contributed by atoms with Gasteiger partial charge in [0, 0.05) is 0 Å². The van der Waals surface area contributed by atoms with Crippen molar-refractivity contribution in [3.8, 4) is 11.5 Å². The fourth-order valence-electron chi connectivity index (χ4n) is 3.26. The van der Waals surface area contributed by atoms with E-state index in [1.54, 1.807) is 12.1 Å². The number of rotatable bonds is 8. The highest BCUT2D eigenvalue weighted by Crippen LogP contribution is 2.25. The van der Waals surface area contributed by atoms with Gasteiger partial charge in [-0.2, -0.15) is 5.10 Å². The van der Waals surface area contributed by atoms with Gasteiger partial charge in [0.05, 0.1) is 19.1 Å². The fraction of sp³-hybridized carbons (Fsp3) is 0.125. The number of methoxy groups -OCH3 is 1. The molecular formula is C24H23N4O3S+. The summed E-state index contributed by atoms with van der Waals surface area (Å²) in [5.74, 6) is 0.379. The van der Waals surface area contributed by atoms with Gasteiger partial charge in [-0.05, 0) is 53.2 Å². The number of H-pyrrole nitrogens is 1. The molecule has 0 atom stereocenters. The minimum absolute atomic E-state index is 0.0484. The zero-order valence-corrected chi connectivity index (χ0v) is 18.3. The predicted octanol–water partition coefficient (Wildman–Crippen LogP) is 3.46. The normalized spacial score (nSPS) is 11.2. The summed E-state index contributed by atoms with van der Waals surface area (Å²) in [4.78, 5) is 15.7. The quantitative estimate of drug-likeness (QED) is 0.167. The number of fused-ring (bicyclic) bond motifs is 1. The second kappa shape index (κ2) is 10.0. The number of carbonyl (C=O) groups is 1. The summed E-state index contributed by atoms with van der Waals surface area (Å²) in [6.45, 7) is 0.704. The molecule has 0 radical (unpaired) electrons. The number of amides is 1. The molecule has 3 N–H and O–H groups in total. The van der Waals surface area contributed by atoms with Crippen LogP contribution in [0.25, 0.3) is 11.0 Å². The Kier molecular flexibility index (Phi) is 6.72. The monoisotopic (exact) mass is 447 g/mol. The summed E-state index contributed by atoms with van der Waals surface area (Å²) in [6.07, 6.45) is 1.50. The first kappa shape index (κ1) is 21.5. The lowest BCUT2D eigenvalue weighted by Gasteiger charge is -2.04. The van der Waals surface area contributed by atoms with Crippen LogP contribution in [0.2, 0.25) is 0 Å². The largest absolute Gasteiger partial charge is 0.504 e.